The zero-order chi connectivity index (χ0) is 36.4. The van der Waals surface area contributed by atoms with Gasteiger partial charge in [-0.3, -0.25) is 10.6 Å². The highest BCUT2D eigenvalue weighted by molar-refractivity contribution is 7.90. The summed E-state index contributed by atoms with van der Waals surface area (Å²) in [5, 5.41) is 4.34. The lowest BCUT2D eigenvalue weighted by atomic mass is 10.2. The number of urea groups is 2. The maximum Gasteiger partial charge on any atom is 0.339 e. The molecule has 0 bridgehead atoms. The molecule has 23 heteroatoms. The van der Waals surface area contributed by atoms with E-state index in [1.807, 2.05) is 4.72 Å². The molecule has 0 saturated carbocycles. The quantitative estimate of drug-likeness (QED) is 0.178. The minimum absolute atomic E-state index is 0.00882. The lowest BCUT2D eigenvalue weighted by Gasteiger charge is -2.11. The second-order valence-corrected chi connectivity index (χ2v) is 12.6. The average molecular weight is 739 g/mol. The molecule has 2 aromatic heterocycles. The van der Waals surface area contributed by atoms with Crippen LogP contribution < -0.4 is 29.6 Å². The second kappa shape index (κ2) is 16.4. The van der Waals surface area contributed by atoms with Crippen molar-refractivity contribution >= 4 is 61.6 Å². The lowest BCUT2D eigenvalue weighted by Crippen LogP contribution is -2.35. The number of hydrogen-bond donors (Lipinski definition) is 4. The Morgan fingerprint density at radius 1 is 0.633 bits per heavy atom. The van der Waals surface area contributed by atoms with Crippen molar-refractivity contribution in [1.29, 1.82) is 0 Å². The van der Waals surface area contributed by atoms with E-state index in [4.69, 9.17) is 21.1 Å². The Kier molecular flexibility index (Phi) is 12.6. The summed E-state index contributed by atoms with van der Waals surface area (Å²) in [5.74, 6) is -0.666. The first-order chi connectivity index (χ1) is 23.1. The summed E-state index contributed by atoms with van der Waals surface area (Å²) >= 11 is 5.81. The van der Waals surface area contributed by atoms with Gasteiger partial charge in [0.2, 0.25) is 11.9 Å². The van der Waals surface area contributed by atoms with Crippen molar-refractivity contribution in [2.24, 2.45) is 0 Å². The number of ether oxygens (including phenoxy) is 3. The molecule has 4 N–H and O–H groups in total. The Bertz CT molecular complexity index is 2090. The molecule has 20 nitrogen and oxygen atoms in total. The smallest absolute Gasteiger partial charge is 0.339 e. The van der Waals surface area contributed by atoms with E-state index in [1.54, 1.807) is 17.7 Å². The van der Waals surface area contributed by atoms with Crippen molar-refractivity contribution in [3.8, 4) is 12.0 Å². The number of aromatic nitrogens is 6. The van der Waals surface area contributed by atoms with Crippen LogP contribution in [0.3, 0.4) is 0 Å². The fraction of sp³-hybridized carbons (Fsp3) is 0.192. The maximum atomic E-state index is 12.4. The Labute approximate surface area is 284 Å². The molecule has 2 heterocycles. The lowest BCUT2D eigenvalue weighted by molar-refractivity contribution is 0.0596. The van der Waals surface area contributed by atoms with E-state index in [0.717, 1.165) is 13.2 Å². The number of esters is 1. The van der Waals surface area contributed by atoms with E-state index < -0.39 is 43.0 Å². The number of carbonyl (C=O) groups excluding carboxylic acids is 3. The molecule has 260 valence electrons. The zero-order valence-corrected chi connectivity index (χ0v) is 28.5. The summed E-state index contributed by atoms with van der Waals surface area (Å²) in [6, 6.07) is 8.78. The van der Waals surface area contributed by atoms with E-state index in [2.05, 4.69) is 45.3 Å². The van der Waals surface area contributed by atoms with Crippen molar-refractivity contribution in [2.75, 3.05) is 32.0 Å². The molecule has 4 aromatic rings. The average Bonchev–Trinajstić information content (AvgIpc) is 3.03. The Morgan fingerprint density at radius 2 is 1.06 bits per heavy atom. The van der Waals surface area contributed by atoms with Crippen LogP contribution in [0.5, 0.6) is 12.0 Å². The molecule has 0 unspecified atom stereocenters. The van der Waals surface area contributed by atoms with Crippen molar-refractivity contribution in [3.63, 3.8) is 0 Å². The number of anilines is 2. The van der Waals surface area contributed by atoms with Gasteiger partial charge in [0.15, 0.2) is 0 Å². The Hall–Kier alpha value is -5.74. The van der Waals surface area contributed by atoms with Gasteiger partial charge < -0.3 is 14.2 Å². The number of benzene rings is 2. The van der Waals surface area contributed by atoms with Gasteiger partial charge >= 0.3 is 30.1 Å². The van der Waals surface area contributed by atoms with Gasteiger partial charge in [0.1, 0.15) is 21.4 Å². The summed E-state index contributed by atoms with van der Waals surface area (Å²) in [6.07, 6.45) is 0. The summed E-state index contributed by atoms with van der Waals surface area (Å²) in [5.41, 5.74) is -0.215. The standard InChI is InChI=1S/C14H15N5O6S.C12H12ClN5O4S/c1-8-15-12(18-14(16-8)25-3)17-13(21)19-26(22,23)10-7-5-4-6-9(10)11(20)24-2;1-7-14-10(17-12(15-7)22-2)16-11(19)18-23(20,21)9-6-4-3-5-8(9)13/h4-7H,1-3H3,(H2,15,16,17,18,19,21);3-6H,1-2H3,(H2,14,15,16,17,18,19). The number of nitrogens with zero attached hydrogens (tertiary/aromatic N) is 6. The number of sulfonamides is 2. The highest BCUT2D eigenvalue weighted by Crippen LogP contribution is 2.20. The van der Waals surface area contributed by atoms with Gasteiger partial charge in [0, 0.05) is 0 Å². The molecule has 0 aliphatic heterocycles. The number of rotatable bonds is 9. The number of methoxy groups -OCH3 is 3. The third kappa shape index (κ3) is 10.6. The molecule has 0 spiro atoms. The number of aryl methyl sites for hydroxylation is 2. The molecule has 0 atom stereocenters. The molecule has 49 heavy (non-hydrogen) atoms. The Balaban J connectivity index is 0.000000267. The topological polar surface area (TPSA) is 273 Å². The molecule has 0 aliphatic carbocycles. The minimum Gasteiger partial charge on any atom is -0.467 e. The first kappa shape index (κ1) is 37.7. The zero-order valence-electron chi connectivity index (χ0n) is 26.1. The molecular weight excluding hydrogens is 712 g/mol. The fourth-order valence-corrected chi connectivity index (χ4v) is 5.99. The monoisotopic (exact) mass is 738 g/mol. The van der Waals surface area contributed by atoms with Gasteiger partial charge in [0.25, 0.3) is 20.0 Å². The number of amides is 4. The van der Waals surface area contributed by atoms with Crippen LogP contribution >= 0.6 is 11.6 Å². The van der Waals surface area contributed by atoms with Gasteiger partial charge in [0.05, 0.1) is 31.9 Å². The molecule has 4 amide bonds. The summed E-state index contributed by atoms with van der Waals surface area (Å²) in [7, 11) is -4.70. The van der Waals surface area contributed by atoms with Crippen LogP contribution in [0.15, 0.2) is 58.3 Å². The molecule has 4 rings (SSSR count). The molecule has 0 radical (unpaired) electrons. The SMILES string of the molecule is COC(=O)c1ccccc1S(=O)(=O)NC(=O)Nc1nc(C)nc(OC)n1.COc1nc(C)nc(NC(=O)NS(=O)(=O)c2ccccc2Cl)n1. The number of halogens is 1. The normalized spacial score (nSPS) is 10.8. The third-order valence-corrected chi connectivity index (χ3v) is 8.65. The molecular formula is C26H27ClN10O10S2. The van der Waals surface area contributed by atoms with E-state index in [1.165, 1.54) is 57.5 Å². The number of nitrogens with one attached hydrogen (secondary N) is 4. The van der Waals surface area contributed by atoms with Gasteiger partial charge in [-0.15, -0.1) is 0 Å². The highest BCUT2D eigenvalue weighted by atomic mass is 35.5. The first-order valence-electron chi connectivity index (χ1n) is 13.2. The summed E-state index contributed by atoms with van der Waals surface area (Å²) < 4.78 is 66.8. The van der Waals surface area contributed by atoms with Crippen LogP contribution in [0.2, 0.25) is 5.02 Å². The van der Waals surface area contributed by atoms with Crippen LogP contribution in [-0.2, 0) is 24.8 Å². The number of hydrogen-bond acceptors (Lipinski definition) is 16. The molecule has 0 fully saturated rings. The summed E-state index contributed by atoms with van der Waals surface area (Å²) in [6.45, 7) is 3.10. The van der Waals surface area contributed by atoms with Gasteiger partial charge in [-0.2, -0.15) is 29.9 Å². The predicted molar refractivity (Wildman–Crippen MR) is 170 cm³/mol. The van der Waals surface area contributed by atoms with Crippen molar-refractivity contribution in [3.05, 3.63) is 70.8 Å². The third-order valence-electron chi connectivity index (χ3n) is 5.43. The van der Waals surface area contributed by atoms with Crippen LogP contribution in [0.1, 0.15) is 22.0 Å². The first-order valence-corrected chi connectivity index (χ1v) is 16.6. The van der Waals surface area contributed by atoms with Crippen molar-refractivity contribution < 1.29 is 45.4 Å². The van der Waals surface area contributed by atoms with Crippen molar-refractivity contribution in [2.45, 2.75) is 23.6 Å². The fourth-order valence-electron chi connectivity index (χ4n) is 3.46. The highest BCUT2D eigenvalue weighted by Gasteiger charge is 2.25. The minimum atomic E-state index is -4.36. The number of carbonyl (C=O) groups is 3. The maximum absolute atomic E-state index is 12.4. The van der Waals surface area contributed by atoms with Crippen LogP contribution in [0, 0.1) is 13.8 Å². The van der Waals surface area contributed by atoms with E-state index in [9.17, 15) is 31.2 Å². The van der Waals surface area contributed by atoms with E-state index >= 15 is 0 Å². The van der Waals surface area contributed by atoms with Gasteiger partial charge in [-0.05, 0) is 38.1 Å². The van der Waals surface area contributed by atoms with Crippen LogP contribution in [0.4, 0.5) is 21.5 Å². The molecule has 2 aromatic carbocycles. The van der Waals surface area contributed by atoms with E-state index in [-0.39, 0.29) is 45.2 Å². The van der Waals surface area contributed by atoms with Gasteiger partial charge in [-0.25, -0.2) is 40.7 Å². The van der Waals surface area contributed by atoms with Gasteiger partial charge in [-0.1, -0.05) is 35.9 Å². The Morgan fingerprint density at radius 3 is 1.51 bits per heavy atom. The largest absolute Gasteiger partial charge is 0.467 e. The molecule has 0 saturated heterocycles. The summed E-state index contributed by atoms with van der Waals surface area (Å²) in [4.78, 5) is 57.8. The van der Waals surface area contributed by atoms with Crippen molar-refractivity contribution in [1.82, 2.24) is 39.3 Å². The van der Waals surface area contributed by atoms with Crippen LogP contribution in [0.25, 0.3) is 0 Å². The molecule has 0 aliphatic rings. The second-order valence-electron chi connectivity index (χ2n) is 8.92. The van der Waals surface area contributed by atoms with Crippen LogP contribution in [-0.4, -0.2) is 86.1 Å². The van der Waals surface area contributed by atoms with E-state index in [0.29, 0.717) is 5.82 Å². The predicted octanol–water partition coefficient (Wildman–Crippen LogP) is 1.84.